The van der Waals surface area contributed by atoms with E-state index in [0.717, 1.165) is 39.7 Å². The Bertz CT molecular complexity index is 2040. The lowest BCUT2D eigenvalue weighted by Gasteiger charge is -2.30. The van der Waals surface area contributed by atoms with E-state index in [9.17, 15) is 14.9 Å². The Balaban J connectivity index is 1.39. The SMILES string of the molecule is O=c1/c(=C/c2ccc(-c3ccccc3[N+](=O)[O-])o2)sc2n1[C@H](c1ccc(Br)cc1)C1=C(N=2)c2ccccc2CC1. The fourth-order valence-corrected chi connectivity index (χ4v) is 6.76. The molecule has 196 valence electrons. The van der Waals surface area contributed by atoms with Crippen LogP contribution in [0.4, 0.5) is 5.69 Å². The summed E-state index contributed by atoms with van der Waals surface area (Å²) in [7, 11) is 0. The Morgan fingerprint density at radius 1 is 0.975 bits per heavy atom. The summed E-state index contributed by atoms with van der Waals surface area (Å²) in [5.41, 5.74) is 5.68. The van der Waals surface area contributed by atoms with Gasteiger partial charge in [-0.05, 0) is 59.9 Å². The van der Waals surface area contributed by atoms with Crippen LogP contribution in [0.25, 0.3) is 23.1 Å². The molecule has 40 heavy (non-hydrogen) atoms. The van der Waals surface area contributed by atoms with Gasteiger partial charge in [-0.15, -0.1) is 0 Å². The van der Waals surface area contributed by atoms with E-state index in [0.29, 0.717) is 26.4 Å². The van der Waals surface area contributed by atoms with Gasteiger partial charge in [-0.25, -0.2) is 4.99 Å². The van der Waals surface area contributed by atoms with Gasteiger partial charge in [-0.1, -0.05) is 75.8 Å². The average molecular weight is 610 g/mol. The fourth-order valence-electron chi connectivity index (χ4n) is 5.51. The zero-order valence-electron chi connectivity index (χ0n) is 20.9. The summed E-state index contributed by atoms with van der Waals surface area (Å²) in [6.07, 6.45) is 3.40. The van der Waals surface area contributed by atoms with Crippen molar-refractivity contribution in [3.63, 3.8) is 0 Å². The van der Waals surface area contributed by atoms with Crippen LogP contribution in [0.3, 0.4) is 0 Å². The summed E-state index contributed by atoms with van der Waals surface area (Å²) >= 11 is 4.85. The molecule has 1 aliphatic heterocycles. The van der Waals surface area contributed by atoms with Gasteiger partial charge in [0, 0.05) is 22.2 Å². The molecule has 1 atom stereocenters. The molecular weight excluding hydrogens is 590 g/mol. The number of aryl methyl sites for hydroxylation is 1. The summed E-state index contributed by atoms with van der Waals surface area (Å²) in [5, 5.41) is 11.5. The van der Waals surface area contributed by atoms with Crippen molar-refractivity contribution in [2.75, 3.05) is 0 Å². The van der Waals surface area contributed by atoms with Crippen molar-refractivity contribution in [3.05, 3.63) is 147 Å². The minimum Gasteiger partial charge on any atom is -0.456 e. The molecule has 0 unspecified atom stereocenters. The van der Waals surface area contributed by atoms with Gasteiger partial charge in [0.1, 0.15) is 11.5 Å². The number of fused-ring (bicyclic) bond motifs is 3. The molecule has 3 aromatic carbocycles. The summed E-state index contributed by atoms with van der Waals surface area (Å²) in [6.45, 7) is 0. The van der Waals surface area contributed by atoms with Crippen LogP contribution < -0.4 is 14.9 Å². The lowest BCUT2D eigenvalue weighted by atomic mass is 9.83. The Labute approximate surface area is 240 Å². The van der Waals surface area contributed by atoms with Crippen molar-refractivity contribution in [1.82, 2.24) is 4.57 Å². The Kier molecular flexibility index (Phi) is 5.98. The summed E-state index contributed by atoms with van der Waals surface area (Å²) < 4.78 is 9.21. The highest BCUT2D eigenvalue weighted by Crippen LogP contribution is 2.41. The summed E-state index contributed by atoms with van der Waals surface area (Å²) in [5.74, 6) is 0.804. The fraction of sp³-hybridized carbons (Fsp3) is 0.0968. The molecule has 0 fully saturated rings. The molecule has 1 aliphatic carbocycles. The van der Waals surface area contributed by atoms with E-state index in [1.807, 2.05) is 30.3 Å². The number of thiazole rings is 1. The maximum Gasteiger partial charge on any atom is 0.280 e. The highest BCUT2D eigenvalue weighted by atomic mass is 79.9. The first kappa shape index (κ1) is 24.7. The number of hydrogen-bond acceptors (Lipinski definition) is 6. The van der Waals surface area contributed by atoms with Gasteiger partial charge < -0.3 is 4.42 Å². The first-order chi connectivity index (χ1) is 19.5. The van der Waals surface area contributed by atoms with Crippen molar-refractivity contribution in [2.24, 2.45) is 4.99 Å². The van der Waals surface area contributed by atoms with Gasteiger partial charge in [0.05, 0.1) is 26.8 Å². The molecule has 0 saturated carbocycles. The number of allylic oxidation sites excluding steroid dienone is 1. The number of aromatic nitrogens is 1. The van der Waals surface area contributed by atoms with Crippen molar-refractivity contribution in [3.8, 4) is 11.3 Å². The summed E-state index contributed by atoms with van der Waals surface area (Å²) in [6, 6.07) is 26.0. The van der Waals surface area contributed by atoms with Gasteiger partial charge >= 0.3 is 0 Å². The molecular formula is C31H20BrN3O4S. The number of nitrogens with zero attached hydrogens (tertiary/aromatic N) is 3. The molecule has 5 aromatic rings. The predicted octanol–water partition coefficient (Wildman–Crippen LogP) is 6.25. The van der Waals surface area contributed by atoms with E-state index >= 15 is 0 Å². The Morgan fingerprint density at radius 2 is 1.73 bits per heavy atom. The monoisotopic (exact) mass is 609 g/mol. The third-order valence-corrected chi connectivity index (χ3v) is 8.84. The molecule has 0 saturated heterocycles. The van der Waals surface area contributed by atoms with E-state index in [1.165, 1.54) is 23.0 Å². The van der Waals surface area contributed by atoms with Gasteiger partial charge in [-0.2, -0.15) is 0 Å². The number of rotatable bonds is 4. The standard InChI is InChI=1S/C31H20BrN3O4S/c32-20-12-9-19(10-13-20)29-24-15-11-18-5-1-2-6-22(18)28(24)33-31-34(29)30(36)27(40-31)17-21-14-16-26(39-21)23-7-3-4-8-25(23)35(37)38/h1-10,12-14,16-17,29H,11,15H2/b27-17-/t29-/m1/s1. The highest BCUT2D eigenvalue weighted by Gasteiger charge is 2.32. The van der Waals surface area contributed by atoms with E-state index in [4.69, 9.17) is 9.41 Å². The average Bonchev–Trinajstić information content (AvgIpc) is 3.56. The topological polar surface area (TPSA) is 90.6 Å². The third-order valence-electron chi connectivity index (χ3n) is 7.33. The lowest BCUT2D eigenvalue weighted by Crippen LogP contribution is -2.38. The molecule has 0 N–H and O–H groups in total. The second-order valence-electron chi connectivity index (χ2n) is 9.64. The Hall–Kier alpha value is -4.34. The second kappa shape index (κ2) is 9.69. The highest BCUT2D eigenvalue weighted by molar-refractivity contribution is 9.10. The molecule has 7 rings (SSSR count). The van der Waals surface area contributed by atoms with Crippen molar-refractivity contribution in [1.29, 1.82) is 0 Å². The van der Waals surface area contributed by atoms with Crippen LogP contribution in [0.1, 0.15) is 34.9 Å². The lowest BCUT2D eigenvalue weighted by molar-refractivity contribution is -0.384. The van der Waals surface area contributed by atoms with Crippen molar-refractivity contribution < 1.29 is 9.34 Å². The molecule has 0 radical (unpaired) electrons. The summed E-state index contributed by atoms with van der Waals surface area (Å²) in [4.78, 5) is 30.7. The quantitative estimate of drug-likeness (QED) is 0.178. The van der Waals surface area contributed by atoms with Gasteiger partial charge in [0.25, 0.3) is 11.2 Å². The van der Waals surface area contributed by atoms with Gasteiger partial charge in [0.15, 0.2) is 4.80 Å². The molecule has 0 amide bonds. The molecule has 0 spiro atoms. The molecule has 2 aliphatic rings. The number of nitro benzene ring substituents is 1. The number of nitro groups is 1. The number of benzene rings is 3. The molecule has 3 heterocycles. The van der Waals surface area contributed by atoms with E-state index in [2.05, 4.69) is 34.1 Å². The van der Waals surface area contributed by atoms with Crippen LogP contribution in [0, 0.1) is 10.1 Å². The zero-order chi connectivity index (χ0) is 27.4. The second-order valence-corrected chi connectivity index (χ2v) is 11.6. The smallest absolute Gasteiger partial charge is 0.280 e. The zero-order valence-corrected chi connectivity index (χ0v) is 23.3. The third kappa shape index (κ3) is 4.09. The van der Waals surface area contributed by atoms with Crippen molar-refractivity contribution >= 4 is 44.7 Å². The van der Waals surface area contributed by atoms with Crippen LogP contribution in [0.5, 0.6) is 0 Å². The molecule has 7 nitrogen and oxygen atoms in total. The predicted molar refractivity (Wildman–Crippen MR) is 158 cm³/mol. The maximum absolute atomic E-state index is 13.9. The van der Waals surface area contributed by atoms with Crippen molar-refractivity contribution in [2.45, 2.75) is 18.9 Å². The minimum atomic E-state index is -0.433. The molecule has 0 bridgehead atoms. The first-order valence-electron chi connectivity index (χ1n) is 12.7. The van der Waals surface area contributed by atoms with E-state index in [1.54, 1.807) is 41.0 Å². The van der Waals surface area contributed by atoms with Crippen LogP contribution in [0.2, 0.25) is 0 Å². The van der Waals surface area contributed by atoms with Crippen LogP contribution in [0.15, 0.2) is 109 Å². The van der Waals surface area contributed by atoms with E-state index < -0.39 is 4.92 Å². The number of furan rings is 1. The normalized spacial score (nSPS) is 16.2. The first-order valence-corrected chi connectivity index (χ1v) is 14.3. The Morgan fingerprint density at radius 3 is 2.52 bits per heavy atom. The minimum absolute atomic E-state index is 0.0388. The van der Waals surface area contributed by atoms with Gasteiger partial charge in [0.2, 0.25) is 0 Å². The van der Waals surface area contributed by atoms with Crippen LogP contribution >= 0.6 is 27.3 Å². The van der Waals surface area contributed by atoms with Crippen LogP contribution in [-0.2, 0) is 6.42 Å². The number of hydrogen-bond donors (Lipinski definition) is 0. The number of halogens is 1. The molecule has 2 aromatic heterocycles. The largest absolute Gasteiger partial charge is 0.456 e. The van der Waals surface area contributed by atoms with Crippen LogP contribution in [-0.4, -0.2) is 9.49 Å². The molecule has 9 heteroatoms. The maximum atomic E-state index is 13.9. The van der Waals surface area contributed by atoms with Gasteiger partial charge in [-0.3, -0.25) is 19.5 Å². The van der Waals surface area contributed by atoms with E-state index in [-0.39, 0.29) is 17.3 Å². The number of para-hydroxylation sites is 1.